The van der Waals surface area contributed by atoms with Crippen molar-refractivity contribution in [1.29, 1.82) is 0 Å². The predicted molar refractivity (Wildman–Crippen MR) is 123 cm³/mol. The highest BCUT2D eigenvalue weighted by molar-refractivity contribution is 5.96. The Balaban J connectivity index is 1.22. The van der Waals surface area contributed by atoms with E-state index in [1.807, 2.05) is 18.4 Å². The molecule has 8 heteroatoms. The Morgan fingerprint density at radius 3 is 2.82 bits per heavy atom. The summed E-state index contributed by atoms with van der Waals surface area (Å²) in [6.45, 7) is 2.34. The Morgan fingerprint density at radius 2 is 2.06 bits per heavy atom. The largest absolute Gasteiger partial charge is 0.491 e. The molecular formula is C25H24N6O2. The van der Waals surface area contributed by atoms with E-state index in [0.717, 1.165) is 34.0 Å². The quantitative estimate of drug-likeness (QED) is 0.524. The van der Waals surface area contributed by atoms with Crippen molar-refractivity contribution in [2.45, 2.75) is 37.6 Å². The molecule has 8 rings (SSSR count). The molecule has 3 aliphatic carbocycles. The van der Waals surface area contributed by atoms with E-state index in [-0.39, 0.29) is 11.9 Å². The maximum atomic E-state index is 13.4. The topological polar surface area (TPSA) is 98.6 Å². The van der Waals surface area contributed by atoms with E-state index in [1.54, 1.807) is 23.5 Å². The lowest BCUT2D eigenvalue weighted by Gasteiger charge is -2.62. The number of pyridine rings is 1. The van der Waals surface area contributed by atoms with E-state index >= 15 is 0 Å². The minimum absolute atomic E-state index is 0.146. The second kappa shape index (κ2) is 6.21. The Morgan fingerprint density at radius 1 is 1.24 bits per heavy atom. The fourth-order valence-corrected chi connectivity index (χ4v) is 5.94. The van der Waals surface area contributed by atoms with Crippen LogP contribution in [0.4, 0.5) is 5.82 Å². The highest BCUT2D eigenvalue weighted by atomic mass is 16.5. The van der Waals surface area contributed by atoms with Crippen LogP contribution < -0.4 is 10.5 Å². The zero-order valence-electron chi connectivity index (χ0n) is 18.6. The zero-order chi connectivity index (χ0) is 22.5. The van der Waals surface area contributed by atoms with E-state index in [0.29, 0.717) is 29.1 Å². The summed E-state index contributed by atoms with van der Waals surface area (Å²) in [6.07, 6.45) is 7.23. The molecule has 1 atom stereocenters. The molecule has 2 N–H and O–H groups in total. The first kappa shape index (κ1) is 18.8. The van der Waals surface area contributed by atoms with Gasteiger partial charge in [-0.05, 0) is 55.2 Å². The molecule has 33 heavy (non-hydrogen) atoms. The number of nitrogens with zero attached hydrogens (tertiary/aromatic N) is 5. The molecule has 4 aliphatic rings. The van der Waals surface area contributed by atoms with Gasteiger partial charge in [0, 0.05) is 12.6 Å². The molecule has 0 radical (unpaired) electrons. The van der Waals surface area contributed by atoms with Crippen molar-refractivity contribution in [3.8, 4) is 5.75 Å². The number of imidazole rings is 1. The smallest absolute Gasteiger partial charge is 0.272 e. The lowest BCUT2D eigenvalue weighted by Crippen LogP contribution is -2.55. The average molecular weight is 441 g/mol. The van der Waals surface area contributed by atoms with Crippen molar-refractivity contribution in [1.82, 2.24) is 24.3 Å². The van der Waals surface area contributed by atoms with Crippen LogP contribution in [0.3, 0.4) is 0 Å². The molecule has 3 fully saturated rings. The van der Waals surface area contributed by atoms with E-state index < -0.39 is 0 Å². The number of likely N-dealkylation sites (N-methyl/N-ethyl adjacent to an activating group) is 1. The zero-order valence-corrected chi connectivity index (χ0v) is 18.6. The van der Waals surface area contributed by atoms with E-state index in [2.05, 4.69) is 33.2 Å². The highest BCUT2D eigenvalue weighted by Crippen LogP contribution is 2.65. The molecule has 166 valence electrons. The van der Waals surface area contributed by atoms with E-state index in [9.17, 15) is 4.79 Å². The van der Waals surface area contributed by atoms with Crippen LogP contribution in [-0.2, 0) is 5.41 Å². The van der Waals surface area contributed by atoms with Crippen molar-refractivity contribution >= 4 is 28.3 Å². The van der Waals surface area contributed by atoms with Crippen LogP contribution in [0.1, 0.15) is 52.6 Å². The molecule has 3 aromatic heterocycles. The molecule has 3 saturated carbocycles. The number of aromatic nitrogens is 4. The first-order valence-electron chi connectivity index (χ1n) is 11.4. The number of fused-ring (bicyclic) bond motifs is 4. The average Bonchev–Trinajstić information content (AvgIpc) is 3.34. The molecule has 2 bridgehead atoms. The lowest BCUT2D eigenvalue weighted by atomic mass is 9.42. The number of nitrogens with two attached hydrogens (primary N) is 1. The van der Waals surface area contributed by atoms with Crippen LogP contribution in [0.25, 0.3) is 16.6 Å². The summed E-state index contributed by atoms with van der Waals surface area (Å²) in [4.78, 5) is 28.3. The van der Waals surface area contributed by atoms with Gasteiger partial charge < -0.3 is 15.4 Å². The van der Waals surface area contributed by atoms with Gasteiger partial charge in [0.25, 0.3) is 5.91 Å². The Hall–Kier alpha value is -3.68. The summed E-state index contributed by atoms with van der Waals surface area (Å²) in [7, 11) is 1.81. The monoisotopic (exact) mass is 440 g/mol. The molecule has 0 unspecified atom stereocenters. The standard InChI is InChI=1S/C25H24N6O2/c1-13-22-23(26)29-18-10-27-17(6-19(18)31(22)12-28-13)24(32)30(2)20-11-33-21-5-15(3-4-16(20)21)25-7-14(8-25)9-25/h3-6,10,12,14,20H,7-9,11H2,1-2H3,(H2,26,29)/t14?,20-,25?/m1/s1. The van der Waals surface area contributed by atoms with Gasteiger partial charge in [0.2, 0.25) is 0 Å². The number of anilines is 1. The lowest BCUT2D eigenvalue weighted by molar-refractivity contribution is -0.0275. The summed E-state index contributed by atoms with van der Waals surface area (Å²) in [5, 5.41) is 0. The van der Waals surface area contributed by atoms with Gasteiger partial charge in [-0.2, -0.15) is 0 Å². The maximum absolute atomic E-state index is 13.4. The van der Waals surface area contributed by atoms with Crippen molar-refractivity contribution in [3.05, 3.63) is 59.3 Å². The Labute approximate surface area is 190 Å². The second-order valence-electron chi connectivity index (χ2n) is 9.86. The van der Waals surface area contributed by atoms with Crippen LogP contribution in [0.2, 0.25) is 0 Å². The number of benzene rings is 1. The van der Waals surface area contributed by atoms with Gasteiger partial charge in [0.05, 0.1) is 23.4 Å². The maximum Gasteiger partial charge on any atom is 0.272 e. The third-order valence-electron chi connectivity index (χ3n) is 7.98. The van der Waals surface area contributed by atoms with Crippen LogP contribution >= 0.6 is 0 Å². The van der Waals surface area contributed by atoms with Gasteiger partial charge in [0.1, 0.15) is 35.4 Å². The Bertz CT molecular complexity index is 1470. The van der Waals surface area contributed by atoms with Crippen molar-refractivity contribution in [2.24, 2.45) is 5.92 Å². The molecular weight excluding hydrogens is 416 g/mol. The van der Waals surface area contributed by atoms with Crippen LogP contribution in [0.5, 0.6) is 5.75 Å². The van der Waals surface area contributed by atoms with Gasteiger partial charge in [-0.1, -0.05) is 12.1 Å². The van der Waals surface area contributed by atoms with Crippen LogP contribution in [-0.4, -0.2) is 43.8 Å². The number of aryl methyl sites for hydroxylation is 1. The third kappa shape index (κ3) is 2.46. The summed E-state index contributed by atoms with van der Waals surface area (Å²) < 4.78 is 7.90. The molecule has 1 aliphatic heterocycles. The third-order valence-corrected chi connectivity index (χ3v) is 7.98. The van der Waals surface area contributed by atoms with Gasteiger partial charge in [0.15, 0.2) is 5.82 Å². The first-order valence-corrected chi connectivity index (χ1v) is 11.4. The number of carbonyl (C=O) groups excluding carboxylic acids is 1. The molecule has 0 spiro atoms. The number of hydrogen-bond acceptors (Lipinski definition) is 6. The number of hydrogen-bond donors (Lipinski definition) is 1. The summed E-state index contributed by atoms with van der Waals surface area (Å²) in [6, 6.07) is 8.19. The predicted octanol–water partition coefficient (Wildman–Crippen LogP) is 3.43. The number of rotatable bonds is 3. The number of ether oxygens (including phenoxy) is 1. The minimum Gasteiger partial charge on any atom is -0.491 e. The first-order chi connectivity index (χ1) is 15.9. The minimum atomic E-state index is -0.163. The fraction of sp³-hybridized carbons (Fsp3) is 0.360. The molecule has 1 amide bonds. The van der Waals surface area contributed by atoms with Crippen molar-refractivity contribution in [3.63, 3.8) is 0 Å². The van der Waals surface area contributed by atoms with Crippen molar-refractivity contribution < 1.29 is 9.53 Å². The normalized spacial score (nSPS) is 24.8. The highest BCUT2D eigenvalue weighted by Gasteiger charge is 2.57. The number of nitrogen functional groups attached to an aromatic ring is 1. The van der Waals surface area contributed by atoms with Gasteiger partial charge in [-0.15, -0.1) is 0 Å². The summed E-state index contributed by atoms with van der Waals surface area (Å²) in [5.41, 5.74) is 12.2. The summed E-state index contributed by atoms with van der Waals surface area (Å²) in [5.74, 6) is 2.07. The molecule has 1 aromatic carbocycles. The number of carbonyl (C=O) groups is 1. The van der Waals surface area contributed by atoms with E-state index in [1.165, 1.54) is 24.8 Å². The van der Waals surface area contributed by atoms with Crippen molar-refractivity contribution in [2.75, 3.05) is 19.4 Å². The van der Waals surface area contributed by atoms with Gasteiger partial charge >= 0.3 is 0 Å². The van der Waals surface area contributed by atoms with Gasteiger partial charge in [-0.25, -0.2) is 15.0 Å². The SMILES string of the molecule is Cc1ncn2c1c(N)nc1cnc(C(=O)N(C)[C@@H]3COc4cc(C56CC(C5)C6)ccc43)cc12. The molecule has 8 nitrogen and oxygen atoms in total. The second-order valence-corrected chi connectivity index (χ2v) is 9.86. The molecule has 4 aromatic rings. The summed E-state index contributed by atoms with van der Waals surface area (Å²) >= 11 is 0. The van der Waals surface area contributed by atoms with E-state index in [4.69, 9.17) is 10.5 Å². The van der Waals surface area contributed by atoms with Gasteiger partial charge in [-0.3, -0.25) is 9.20 Å². The van der Waals surface area contributed by atoms with Crippen LogP contribution in [0.15, 0.2) is 36.8 Å². The number of amides is 1. The molecule has 4 heterocycles. The van der Waals surface area contributed by atoms with Crippen LogP contribution in [0, 0.1) is 12.8 Å². The fourth-order valence-electron chi connectivity index (χ4n) is 5.94. The molecule has 0 saturated heterocycles. The Kier molecular flexibility index (Phi) is 3.55.